The lowest BCUT2D eigenvalue weighted by Gasteiger charge is -2.10. The van der Waals surface area contributed by atoms with Gasteiger partial charge in [-0.25, -0.2) is 9.78 Å². The first-order valence-electron chi connectivity index (χ1n) is 6.72. The number of ether oxygens (including phenoxy) is 1. The highest BCUT2D eigenvalue weighted by Gasteiger charge is 2.31. The maximum atomic E-state index is 12.2. The molecule has 2 aromatic rings. The fraction of sp³-hybridized carbons (Fsp3) is 0.500. The molecule has 2 aromatic heterocycles. The van der Waals surface area contributed by atoms with Crippen LogP contribution in [0.1, 0.15) is 35.1 Å². The van der Waals surface area contributed by atoms with E-state index in [9.17, 15) is 4.79 Å². The number of hydrogen-bond acceptors (Lipinski definition) is 5. The van der Waals surface area contributed by atoms with Crippen molar-refractivity contribution in [1.29, 1.82) is 0 Å². The number of esters is 1. The van der Waals surface area contributed by atoms with E-state index in [0.717, 1.165) is 29.1 Å². The molecule has 1 fully saturated rings. The minimum atomic E-state index is -0.255. The quantitative estimate of drug-likeness (QED) is 0.813. The van der Waals surface area contributed by atoms with E-state index in [0.29, 0.717) is 10.8 Å². The average molecular weight is 291 g/mol. The Kier molecular flexibility index (Phi) is 3.33. The summed E-state index contributed by atoms with van der Waals surface area (Å²) in [6.45, 7) is 3.81. The highest BCUT2D eigenvalue weighted by molar-refractivity contribution is 7.17. The van der Waals surface area contributed by atoms with Gasteiger partial charge < -0.3 is 4.74 Å². The number of carbonyl (C=O) groups is 1. The molecule has 0 aromatic carbocycles. The van der Waals surface area contributed by atoms with Gasteiger partial charge >= 0.3 is 5.97 Å². The lowest BCUT2D eigenvalue weighted by molar-refractivity contribution is 0.0299. The zero-order chi connectivity index (χ0) is 14.3. The summed E-state index contributed by atoms with van der Waals surface area (Å²) in [5.41, 5.74) is 1.65. The van der Waals surface area contributed by atoms with Crippen molar-refractivity contribution < 1.29 is 9.53 Å². The first kappa shape index (κ1) is 13.3. The Morgan fingerprint density at radius 1 is 1.55 bits per heavy atom. The topological polar surface area (TPSA) is 57.0 Å². The van der Waals surface area contributed by atoms with Gasteiger partial charge in [-0.15, -0.1) is 11.3 Å². The standard InChI is InChI=1S/C14H17N3O2S/c1-8-12(14(18)19-9(2)10-4-5-10)20-13(16-8)11-6-15-17(3)7-11/h6-7,9-10H,4-5H2,1-3H3/t9-/m1/s1. The summed E-state index contributed by atoms with van der Waals surface area (Å²) in [5, 5.41) is 4.93. The second-order valence-electron chi connectivity index (χ2n) is 5.28. The molecule has 1 aliphatic carbocycles. The van der Waals surface area contributed by atoms with Crippen molar-refractivity contribution in [3.8, 4) is 10.6 Å². The van der Waals surface area contributed by atoms with Crippen LogP contribution in [0.15, 0.2) is 12.4 Å². The van der Waals surface area contributed by atoms with Crippen LogP contribution in [0.4, 0.5) is 0 Å². The van der Waals surface area contributed by atoms with Crippen LogP contribution in [0.3, 0.4) is 0 Å². The van der Waals surface area contributed by atoms with Crippen LogP contribution in [0, 0.1) is 12.8 Å². The zero-order valence-electron chi connectivity index (χ0n) is 11.8. The minimum absolute atomic E-state index is 0.00541. The fourth-order valence-corrected chi connectivity index (χ4v) is 3.05. The van der Waals surface area contributed by atoms with Crippen LogP contribution in [0.5, 0.6) is 0 Å². The Labute approximate surface area is 121 Å². The molecule has 1 aliphatic rings. The molecular formula is C14H17N3O2S. The van der Waals surface area contributed by atoms with Crippen LogP contribution >= 0.6 is 11.3 Å². The fourth-order valence-electron chi connectivity index (χ4n) is 2.13. The third kappa shape index (κ3) is 2.60. The zero-order valence-corrected chi connectivity index (χ0v) is 12.6. The van der Waals surface area contributed by atoms with E-state index in [-0.39, 0.29) is 12.1 Å². The predicted octanol–water partition coefficient (Wildman–Crippen LogP) is 2.81. The molecule has 1 saturated carbocycles. The lowest BCUT2D eigenvalue weighted by Crippen LogP contribution is -2.16. The van der Waals surface area contributed by atoms with Gasteiger partial charge in [-0.2, -0.15) is 5.10 Å². The van der Waals surface area contributed by atoms with Crippen LogP contribution in [-0.4, -0.2) is 26.8 Å². The third-order valence-electron chi connectivity index (χ3n) is 3.51. The Bertz CT molecular complexity index is 643. The van der Waals surface area contributed by atoms with Crippen molar-refractivity contribution in [2.24, 2.45) is 13.0 Å². The number of hydrogen-bond donors (Lipinski definition) is 0. The molecule has 0 unspecified atom stereocenters. The molecule has 0 radical (unpaired) electrons. The molecule has 0 amide bonds. The van der Waals surface area contributed by atoms with Gasteiger partial charge in [-0.1, -0.05) is 0 Å². The van der Waals surface area contributed by atoms with Crippen molar-refractivity contribution in [3.05, 3.63) is 23.0 Å². The monoisotopic (exact) mass is 291 g/mol. The van der Waals surface area contributed by atoms with Gasteiger partial charge in [0.25, 0.3) is 0 Å². The molecule has 0 N–H and O–H groups in total. The van der Waals surface area contributed by atoms with Crippen molar-refractivity contribution in [1.82, 2.24) is 14.8 Å². The maximum Gasteiger partial charge on any atom is 0.350 e. The molecule has 0 saturated heterocycles. The second kappa shape index (κ2) is 5.01. The Morgan fingerprint density at radius 2 is 2.30 bits per heavy atom. The molecule has 0 spiro atoms. The largest absolute Gasteiger partial charge is 0.458 e. The van der Waals surface area contributed by atoms with Crippen LogP contribution < -0.4 is 0 Å². The second-order valence-corrected chi connectivity index (χ2v) is 6.28. The molecule has 3 rings (SSSR count). The van der Waals surface area contributed by atoms with Gasteiger partial charge in [0.05, 0.1) is 11.9 Å². The van der Waals surface area contributed by atoms with Gasteiger partial charge in [-0.05, 0) is 32.6 Å². The van der Waals surface area contributed by atoms with Crippen molar-refractivity contribution in [2.75, 3.05) is 0 Å². The van der Waals surface area contributed by atoms with E-state index in [1.807, 2.05) is 27.1 Å². The summed E-state index contributed by atoms with van der Waals surface area (Å²) in [6.07, 6.45) is 5.97. The van der Waals surface area contributed by atoms with Gasteiger partial charge in [0.1, 0.15) is 16.0 Å². The van der Waals surface area contributed by atoms with Gasteiger partial charge in [0, 0.05) is 18.8 Å². The number of rotatable bonds is 4. The number of aromatic nitrogens is 3. The summed E-state index contributed by atoms with van der Waals surface area (Å²) in [4.78, 5) is 17.2. The summed E-state index contributed by atoms with van der Waals surface area (Å²) < 4.78 is 7.23. The van der Waals surface area contributed by atoms with Crippen molar-refractivity contribution >= 4 is 17.3 Å². The lowest BCUT2D eigenvalue weighted by atomic mass is 10.3. The van der Waals surface area contributed by atoms with Crippen LogP contribution in [0.25, 0.3) is 10.6 Å². The Morgan fingerprint density at radius 3 is 2.90 bits per heavy atom. The summed E-state index contributed by atoms with van der Waals surface area (Å²) >= 11 is 1.37. The molecule has 20 heavy (non-hydrogen) atoms. The van der Waals surface area contributed by atoms with E-state index in [4.69, 9.17) is 4.74 Å². The summed E-state index contributed by atoms with van der Waals surface area (Å²) in [5.74, 6) is 0.291. The van der Waals surface area contributed by atoms with E-state index in [2.05, 4.69) is 10.1 Å². The minimum Gasteiger partial charge on any atom is -0.458 e. The van der Waals surface area contributed by atoms with Crippen molar-refractivity contribution in [3.63, 3.8) is 0 Å². The smallest absolute Gasteiger partial charge is 0.350 e. The summed E-state index contributed by atoms with van der Waals surface area (Å²) in [7, 11) is 1.86. The first-order valence-corrected chi connectivity index (χ1v) is 7.53. The van der Waals surface area contributed by atoms with E-state index < -0.39 is 0 Å². The molecule has 0 bridgehead atoms. The highest BCUT2D eigenvalue weighted by Crippen LogP contribution is 2.35. The third-order valence-corrected chi connectivity index (χ3v) is 4.70. The van der Waals surface area contributed by atoms with E-state index in [1.165, 1.54) is 11.3 Å². The average Bonchev–Trinajstić information content (AvgIpc) is 3.06. The number of carbonyl (C=O) groups excluding carboxylic acids is 1. The Balaban J connectivity index is 1.79. The summed E-state index contributed by atoms with van der Waals surface area (Å²) in [6, 6.07) is 0. The normalized spacial score (nSPS) is 16.1. The molecular weight excluding hydrogens is 274 g/mol. The highest BCUT2D eigenvalue weighted by atomic mass is 32.1. The van der Waals surface area contributed by atoms with Gasteiger partial charge in [0.15, 0.2) is 0 Å². The van der Waals surface area contributed by atoms with Gasteiger partial charge in [0.2, 0.25) is 0 Å². The van der Waals surface area contributed by atoms with Crippen LogP contribution in [0.2, 0.25) is 0 Å². The molecule has 0 aliphatic heterocycles. The number of nitrogens with zero attached hydrogens (tertiary/aromatic N) is 3. The Hall–Kier alpha value is -1.69. The molecule has 5 nitrogen and oxygen atoms in total. The molecule has 106 valence electrons. The molecule has 6 heteroatoms. The first-order chi connectivity index (χ1) is 9.54. The SMILES string of the molecule is Cc1nc(-c2cnn(C)c2)sc1C(=O)O[C@H](C)C1CC1. The van der Waals surface area contributed by atoms with Gasteiger partial charge in [-0.3, -0.25) is 4.68 Å². The number of thiazole rings is 1. The van der Waals surface area contributed by atoms with E-state index >= 15 is 0 Å². The van der Waals surface area contributed by atoms with Crippen LogP contribution in [-0.2, 0) is 11.8 Å². The number of aryl methyl sites for hydroxylation is 2. The molecule has 2 heterocycles. The predicted molar refractivity (Wildman–Crippen MR) is 76.7 cm³/mol. The van der Waals surface area contributed by atoms with E-state index in [1.54, 1.807) is 10.9 Å². The maximum absolute atomic E-state index is 12.2. The van der Waals surface area contributed by atoms with Crippen molar-refractivity contribution in [2.45, 2.75) is 32.8 Å². The molecule has 1 atom stereocenters.